The molecule has 2 heterocycles. The zero-order chi connectivity index (χ0) is 12.1. The zero-order valence-electron chi connectivity index (χ0n) is 10.9. The Kier molecular flexibility index (Phi) is 2.28. The van der Waals surface area contributed by atoms with E-state index >= 15 is 0 Å². The molecule has 1 aromatic carbocycles. The number of fused-ring (bicyclic) bond motifs is 5. The van der Waals surface area contributed by atoms with Crippen LogP contribution in [0.25, 0.3) is 10.9 Å². The summed E-state index contributed by atoms with van der Waals surface area (Å²) in [5.41, 5.74) is 5.74. The van der Waals surface area contributed by atoms with Gasteiger partial charge < -0.3 is 10.3 Å². The predicted molar refractivity (Wildman–Crippen MR) is 74.9 cm³/mol. The molecule has 1 aliphatic heterocycles. The lowest BCUT2D eigenvalue weighted by Gasteiger charge is -2.36. The Morgan fingerprint density at radius 3 is 3.00 bits per heavy atom. The minimum Gasteiger partial charge on any atom is -0.357 e. The number of nitrogens with one attached hydrogen (secondary N) is 2. The molecule has 0 saturated heterocycles. The van der Waals surface area contributed by atoms with Crippen molar-refractivity contribution in [2.75, 3.05) is 0 Å². The molecule has 1 aliphatic carbocycles. The fourth-order valence-corrected chi connectivity index (χ4v) is 3.90. The average Bonchev–Trinajstić information content (AvgIpc) is 2.77. The van der Waals surface area contributed by atoms with Crippen molar-refractivity contribution in [2.45, 2.75) is 51.1 Å². The van der Waals surface area contributed by atoms with Crippen LogP contribution in [0.5, 0.6) is 0 Å². The van der Waals surface area contributed by atoms with Gasteiger partial charge in [-0.25, -0.2) is 0 Å². The first kappa shape index (κ1) is 10.6. The SMILES string of the molecule is Cc1ccc2[nH]c3c(c2c1)C1CCCCC1NC3. The van der Waals surface area contributed by atoms with E-state index in [-0.39, 0.29) is 0 Å². The van der Waals surface area contributed by atoms with Crippen LogP contribution in [0.4, 0.5) is 0 Å². The molecule has 2 atom stereocenters. The second kappa shape index (κ2) is 3.86. The third-order valence-corrected chi connectivity index (χ3v) is 4.75. The Bertz CT molecular complexity index is 596. The third kappa shape index (κ3) is 1.45. The maximum atomic E-state index is 3.72. The molecule has 2 aromatic rings. The van der Waals surface area contributed by atoms with E-state index in [2.05, 4.69) is 35.4 Å². The zero-order valence-corrected chi connectivity index (χ0v) is 10.9. The first-order valence-corrected chi connectivity index (χ1v) is 7.17. The molecule has 1 aromatic heterocycles. The van der Waals surface area contributed by atoms with Gasteiger partial charge in [0, 0.05) is 35.1 Å². The quantitative estimate of drug-likeness (QED) is 0.723. The predicted octanol–water partition coefficient (Wildman–Crippen LogP) is 3.61. The Morgan fingerprint density at radius 2 is 2.06 bits per heavy atom. The van der Waals surface area contributed by atoms with Gasteiger partial charge in [-0.05, 0) is 37.5 Å². The number of aromatic nitrogens is 1. The highest BCUT2D eigenvalue weighted by Crippen LogP contribution is 2.41. The van der Waals surface area contributed by atoms with Crippen molar-refractivity contribution in [3.63, 3.8) is 0 Å². The molecule has 0 bridgehead atoms. The topological polar surface area (TPSA) is 27.8 Å². The first-order valence-electron chi connectivity index (χ1n) is 7.17. The fourth-order valence-electron chi connectivity index (χ4n) is 3.90. The second-order valence-corrected chi connectivity index (χ2v) is 5.94. The minimum absolute atomic E-state index is 0.714. The molecule has 2 unspecified atom stereocenters. The van der Waals surface area contributed by atoms with Crippen LogP contribution in [0.1, 0.15) is 48.4 Å². The lowest BCUT2D eigenvalue weighted by atomic mass is 9.77. The molecule has 18 heavy (non-hydrogen) atoms. The molecular weight excluding hydrogens is 220 g/mol. The summed E-state index contributed by atoms with van der Waals surface area (Å²) in [6.45, 7) is 3.21. The van der Waals surface area contributed by atoms with E-state index in [1.54, 1.807) is 5.56 Å². The smallest absolute Gasteiger partial charge is 0.0459 e. The van der Waals surface area contributed by atoms with E-state index in [9.17, 15) is 0 Å². The number of aryl methyl sites for hydroxylation is 1. The van der Waals surface area contributed by atoms with Crippen molar-refractivity contribution < 1.29 is 0 Å². The summed E-state index contributed by atoms with van der Waals surface area (Å²) in [7, 11) is 0. The van der Waals surface area contributed by atoms with Crippen molar-refractivity contribution in [3.05, 3.63) is 35.0 Å². The van der Waals surface area contributed by atoms with Crippen LogP contribution >= 0.6 is 0 Å². The van der Waals surface area contributed by atoms with E-state index in [4.69, 9.17) is 0 Å². The van der Waals surface area contributed by atoms with Crippen molar-refractivity contribution >= 4 is 10.9 Å². The lowest BCUT2D eigenvalue weighted by Crippen LogP contribution is -2.40. The van der Waals surface area contributed by atoms with Crippen LogP contribution in [-0.4, -0.2) is 11.0 Å². The number of rotatable bonds is 0. The van der Waals surface area contributed by atoms with Crippen LogP contribution in [0.15, 0.2) is 18.2 Å². The summed E-state index contributed by atoms with van der Waals surface area (Å²) in [5.74, 6) is 0.734. The van der Waals surface area contributed by atoms with Crippen molar-refractivity contribution in [2.24, 2.45) is 0 Å². The van der Waals surface area contributed by atoms with E-state index in [0.29, 0.717) is 6.04 Å². The highest BCUT2D eigenvalue weighted by atomic mass is 15.0. The summed E-state index contributed by atoms with van der Waals surface area (Å²) in [5, 5.41) is 5.20. The van der Waals surface area contributed by atoms with Crippen LogP contribution in [0.2, 0.25) is 0 Å². The molecule has 0 amide bonds. The normalized spacial score (nSPS) is 26.9. The first-order chi connectivity index (χ1) is 8.83. The van der Waals surface area contributed by atoms with Gasteiger partial charge in [0.15, 0.2) is 0 Å². The average molecular weight is 240 g/mol. The minimum atomic E-state index is 0.714. The van der Waals surface area contributed by atoms with Crippen LogP contribution in [0.3, 0.4) is 0 Å². The Balaban J connectivity index is 1.93. The van der Waals surface area contributed by atoms with Crippen LogP contribution in [0, 0.1) is 6.92 Å². The van der Waals surface area contributed by atoms with Crippen molar-refractivity contribution in [1.29, 1.82) is 0 Å². The van der Waals surface area contributed by atoms with Crippen LogP contribution in [-0.2, 0) is 6.54 Å². The Labute approximate surface area is 108 Å². The van der Waals surface area contributed by atoms with E-state index < -0.39 is 0 Å². The number of hydrogen-bond acceptors (Lipinski definition) is 1. The van der Waals surface area contributed by atoms with Crippen molar-refractivity contribution in [3.8, 4) is 0 Å². The summed E-state index contributed by atoms with van der Waals surface area (Å²) < 4.78 is 0. The summed E-state index contributed by atoms with van der Waals surface area (Å²) in [4.78, 5) is 3.61. The largest absolute Gasteiger partial charge is 0.357 e. The molecule has 94 valence electrons. The molecule has 4 rings (SSSR count). The number of H-pyrrole nitrogens is 1. The van der Waals surface area contributed by atoms with Gasteiger partial charge in [-0.3, -0.25) is 0 Å². The van der Waals surface area contributed by atoms with E-state index in [1.165, 1.54) is 47.8 Å². The maximum absolute atomic E-state index is 3.72. The van der Waals surface area contributed by atoms with Gasteiger partial charge in [0.05, 0.1) is 0 Å². The molecule has 0 spiro atoms. The van der Waals surface area contributed by atoms with Gasteiger partial charge in [0.25, 0.3) is 0 Å². The molecule has 1 fully saturated rings. The molecule has 2 heteroatoms. The number of hydrogen-bond donors (Lipinski definition) is 2. The highest BCUT2D eigenvalue weighted by molar-refractivity contribution is 5.86. The third-order valence-electron chi connectivity index (χ3n) is 4.75. The highest BCUT2D eigenvalue weighted by Gasteiger charge is 2.33. The van der Waals surface area contributed by atoms with Crippen LogP contribution < -0.4 is 5.32 Å². The Morgan fingerprint density at radius 1 is 1.17 bits per heavy atom. The van der Waals surface area contributed by atoms with Gasteiger partial charge in [-0.1, -0.05) is 24.5 Å². The summed E-state index contributed by atoms with van der Waals surface area (Å²) in [6, 6.07) is 7.52. The lowest BCUT2D eigenvalue weighted by molar-refractivity contribution is 0.308. The molecular formula is C16H20N2. The Hall–Kier alpha value is -1.28. The molecule has 2 nitrogen and oxygen atoms in total. The molecule has 0 radical (unpaired) electrons. The summed E-state index contributed by atoms with van der Waals surface area (Å²) in [6.07, 6.45) is 5.49. The van der Waals surface area contributed by atoms with Gasteiger partial charge in [0.1, 0.15) is 0 Å². The van der Waals surface area contributed by atoms with Gasteiger partial charge >= 0.3 is 0 Å². The fraction of sp³-hybridized carbons (Fsp3) is 0.500. The number of aromatic amines is 1. The van der Waals surface area contributed by atoms with Gasteiger partial charge in [-0.15, -0.1) is 0 Å². The van der Waals surface area contributed by atoms with Crippen molar-refractivity contribution in [1.82, 2.24) is 10.3 Å². The maximum Gasteiger partial charge on any atom is 0.0459 e. The monoisotopic (exact) mass is 240 g/mol. The molecule has 2 aliphatic rings. The number of benzene rings is 1. The second-order valence-electron chi connectivity index (χ2n) is 5.94. The molecule has 2 N–H and O–H groups in total. The summed E-state index contributed by atoms with van der Waals surface area (Å²) >= 11 is 0. The van der Waals surface area contributed by atoms with Gasteiger partial charge in [0.2, 0.25) is 0 Å². The molecule has 1 saturated carbocycles. The van der Waals surface area contributed by atoms with E-state index in [1.807, 2.05) is 0 Å². The van der Waals surface area contributed by atoms with Gasteiger partial charge in [-0.2, -0.15) is 0 Å². The standard InChI is InChI=1S/C16H20N2/c1-10-6-7-14-12(8-10)16-11-4-2-3-5-13(11)17-9-15(16)18-14/h6-8,11,13,17-18H,2-5,9H2,1H3. The van der Waals surface area contributed by atoms with E-state index in [0.717, 1.165) is 12.5 Å².